The maximum absolute atomic E-state index is 13.5. The Morgan fingerprint density at radius 3 is 2.83 bits per heavy atom. The van der Waals surface area contributed by atoms with E-state index in [0.29, 0.717) is 44.0 Å². The third-order valence-corrected chi connectivity index (χ3v) is 8.09. The van der Waals surface area contributed by atoms with E-state index in [2.05, 4.69) is 27.4 Å². The zero-order valence-electron chi connectivity index (χ0n) is 20.2. The van der Waals surface area contributed by atoms with Gasteiger partial charge in [0.2, 0.25) is 15.9 Å². The molecule has 1 aromatic rings. The van der Waals surface area contributed by atoms with Crippen LogP contribution in [0.15, 0.2) is 28.1 Å². The zero-order valence-corrected chi connectivity index (χ0v) is 21.1. The summed E-state index contributed by atoms with van der Waals surface area (Å²) in [5.41, 5.74) is 3.76. The van der Waals surface area contributed by atoms with E-state index < -0.39 is 34.0 Å². The molecule has 3 rings (SSSR count). The summed E-state index contributed by atoms with van der Waals surface area (Å²) in [5.74, 6) is 4.10. The van der Waals surface area contributed by atoms with Gasteiger partial charge in [0.15, 0.2) is 0 Å². The smallest absolute Gasteiger partial charge is 0.326 e. The van der Waals surface area contributed by atoms with Crippen LogP contribution in [0.2, 0.25) is 0 Å². The number of nitrogens with two attached hydrogens (primary N) is 1. The van der Waals surface area contributed by atoms with Gasteiger partial charge in [-0.3, -0.25) is 9.79 Å². The number of hydrogen-bond donors (Lipinski definition) is 5. The Kier molecular flexibility index (Phi) is 9.09. The predicted octanol–water partition coefficient (Wildman–Crippen LogP) is 0.921. The van der Waals surface area contributed by atoms with Gasteiger partial charge in [0, 0.05) is 19.6 Å². The Bertz CT molecular complexity index is 1050. The molecule has 1 aromatic carbocycles. The second-order valence-electron chi connectivity index (χ2n) is 9.51. The minimum Gasteiger partial charge on any atom is -0.480 e. The molecule has 2 aliphatic heterocycles. The summed E-state index contributed by atoms with van der Waals surface area (Å²) < 4.78 is 29.6. The number of hydrogen-bond acceptors (Lipinski definition) is 7. The number of nitrogens with one attached hydrogen (secondary N) is 3. The largest absolute Gasteiger partial charge is 0.480 e. The van der Waals surface area contributed by atoms with Crippen LogP contribution in [0.5, 0.6) is 0 Å². The van der Waals surface area contributed by atoms with Crippen molar-refractivity contribution in [1.29, 1.82) is 0 Å². The van der Waals surface area contributed by atoms with Crippen LogP contribution < -0.4 is 21.3 Å². The molecule has 1 amide bonds. The number of anilines is 1. The Hall–Kier alpha value is -2.70. The van der Waals surface area contributed by atoms with E-state index in [4.69, 9.17) is 5.84 Å². The Balaban J connectivity index is 1.87. The lowest BCUT2D eigenvalue weighted by molar-refractivity contribution is -0.153. The van der Waals surface area contributed by atoms with Crippen molar-refractivity contribution in [3.8, 4) is 0 Å². The number of nitrogens with zero attached hydrogens (tertiary/aromatic N) is 2. The maximum atomic E-state index is 13.5. The standard InChI is InChI=1S/C23H36N6O5S/c1-15-8-10-29(19(12-15)23(31)32)22(30)18(6-4-9-25-14-27-24)28-35(33,34)20-7-3-5-17-11-16(2)13-26-21(17)20/h3,5,7,14-16,18-19,26,28H,4,6,8-13,24H2,1-2H3,(H,25,27)(H,31,32). The van der Waals surface area contributed by atoms with Gasteiger partial charge in [0.05, 0.1) is 12.0 Å². The van der Waals surface area contributed by atoms with Gasteiger partial charge in [-0.25, -0.2) is 19.1 Å². The molecule has 1 saturated heterocycles. The number of para-hydroxylation sites is 1. The van der Waals surface area contributed by atoms with E-state index in [9.17, 15) is 23.1 Å². The van der Waals surface area contributed by atoms with E-state index in [-0.39, 0.29) is 23.8 Å². The molecular formula is C23H36N6O5S. The van der Waals surface area contributed by atoms with Gasteiger partial charge in [-0.05, 0) is 55.6 Å². The first kappa shape index (κ1) is 26.9. The lowest BCUT2D eigenvalue weighted by Gasteiger charge is -2.38. The van der Waals surface area contributed by atoms with Crippen LogP contribution in [0.4, 0.5) is 5.69 Å². The highest BCUT2D eigenvalue weighted by Gasteiger charge is 2.39. The highest BCUT2D eigenvalue weighted by molar-refractivity contribution is 7.89. The molecule has 2 heterocycles. The second-order valence-corrected chi connectivity index (χ2v) is 11.2. The zero-order chi connectivity index (χ0) is 25.6. The SMILES string of the molecule is CC1CNc2c(cccc2S(=O)(=O)NC(CCCN=CNN)C(=O)N2CCC(C)CC2C(=O)O)C1. The average Bonchev–Trinajstić information content (AvgIpc) is 2.82. The number of aliphatic imine (C=N–C) groups is 1. The number of amides is 1. The fraction of sp³-hybridized carbons (Fsp3) is 0.609. The molecule has 0 aromatic heterocycles. The molecule has 194 valence electrons. The number of benzene rings is 1. The molecular weight excluding hydrogens is 472 g/mol. The lowest BCUT2D eigenvalue weighted by atomic mass is 9.91. The average molecular weight is 509 g/mol. The van der Waals surface area contributed by atoms with Gasteiger partial charge in [-0.15, -0.1) is 0 Å². The Labute approximate surface area is 206 Å². The number of carboxylic acids is 1. The third-order valence-electron chi connectivity index (χ3n) is 6.57. The van der Waals surface area contributed by atoms with Crippen LogP contribution in [0.3, 0.4) is 0 Å². The fourth-order valence-electron chi connectivity index (χ4n) is 4.72. The first-order valence-electron chi connectivity index (χ1n) is 12.0. The molecule has 11 nitrogen and oxygen atoms in total. The van der Waals surface area contributed by atoms with Crippen LogP contribution >= 0.6 is 0 Å². The summed E-state index contributed by atoms with van der Waals surface area (Å²) >= 11 is 0. The van der Waals surface area contributed by atoms with E-state index in [0.717, 1.165) is 12.0 Å². The number of rotatable bonds is 10. The third kappa shape index (κ3) is 6.71. The molecule has 0 saturated carbocycles. The monoisotopic (exact) mass is 508 g/mol. The molecule has 35 heavy (non-hydrogen) atoms. The molecule has 4 unspecified atom stereocenters. The van der Waals surface area contributed by atoms with Crippen LogP contribution in [0.1, 0.15) is 45.1 Å². The Morgan fingerprint density at radius 2 is 2.11 bits per heavy atom. The maximum Gasteiger partial charge on any atom is 0.326 e. The highest BCUT2D eigenvalue weighted by Crippen LogP contribution is 2.31. The summed E-state index contributed by atoms with van der Waals surface area (Å²) in [7, 11) is -4.08. The topological polar surface area (TPSA) is 166 Å². The highest BCUT2D eigenvalue weighted by atomic mass is 32.2. The molecule has 0 aliphatic carbocycles. The van der Waals surface area contributed by atoms with Crippen molar-refractivity contribution in [2.45, 2.75) is 62.9 Å². The first-order chi connectivity index (χ1) is 16.6. The number of likely N-dealkylation sites (tertiary alicyclic amines) is 1. The minimum atomic E-state index is -4.08. The molecule has 2 aliphatic rings. The normalized spacial score (nSPS) is 23.4. The van der Waals surface area contributed by atoms with Crippen molar-refractivity contribution in [3.05, 3.63) is 23.8 Å². The van der Waals surface area contributed by atoms with Gasteiger partial charge in [-0.1, -0.05) is 26.0 Å². The van der Waals surface area contributed by atoms with Crippen LogP contribution in [0.25, 0.3) is 0 Å². The van der Waals surface area contributed by atoms with E-state index in [1.807, 2.05) is 13.0 Å². The van der Waals surface area contributed by atoms with Crippen LogP contribution in [-0.2, 0) is 26.0 Å². The number of piperidine rings is 1. The molecule has 6 N–H and O–H groups in total. The quantitative estimate of drug-likeness (QED) is 0.102. The van der Waals surface area contributed by atoms with Gasteiger partial charge in [0.1, 0.15) is 17.0 Å². The molecule has 12 heteroatoms. The first-order valence-corrected chi connectivity index (χ1v) is 13.5. The number of hydrazine groups is 1. The number of carboxylic acid groups (broad SMARTS) is 1. The van der Waals surface area contributed by atoms with Crippen molar-refractivity contribution in [3.63, 3.8) is 0 Å². The minimum absolute atomic E-state index is 0.0899. The van der Waals surface area contributed by atoms with Crippen LogP contribution in [-0.4, -0.2) is 68.4 Å². The summed E-state index contributed by atoms with van der Waals surface area (Å²) in [6, 6.07) is 3.02. The summed E-state index contributed by atoms with van der Waals surface area (Å²) in [4.78, 5) is 30.8. The van der Waals surface area contributed by atoms with E-state index in [1.54, 1.807) is 6.07 Å². The lowest BCUT2D eigenvalue weighted by Crippen LogP contribution is -2.56. The second kappa shape index (κ2) is 11.8. The number of carbonyl (C=O) groups is 2. The van der Waals surface area contributed by atoms with Gasteiger partial charge < -0.3 is 20.7 Å². The Morgan fingerprint density at radius 1 is 1.34 bits per heavy atom. The van der Waals surface area contributed by atoms with Crippen molar-refractivity contribution in [2.75, 3.05) is 25.0 Å². The van der Waals surface area contributed by atoms with Gasteiger partial charge in [-0.2, -0.15) is 4.72 Å². The predicted molar refractivity (Wildman–Crippen MR) is 133 cm³/mol. The summed E-state index contributed by atoms with van der Waals surface area (Å²) in [6.45, 7) is 5.29. The van der Waals surface area contributed by atoms with Crippen molar-refractivity contribution in [1.82, 2.24) is 15.0 Å². The van der Waals surface area contributed by atoms with E-state index in [1.165, 1.54) is 17.3 Å². The molecule has 4 atom stereocenters. The van der Waals surface area contributed by atoms with Crippen LogP contribution in [0, 0.1) is 11.8 Å². The van der Waals surface area contributed by atoms with Gasteiger partial charge >= 0.3 is 5.97 Å². The molecule has 0 radical (unpaired) electrons. The van der Waals surface area contributed by atoms with Crippen molar-refractivity contribution in [2.24, 2.45) is 22.7 Å². The van der Waals surface area contributed by atoms with Crippen molar-refractivity contribution < 1.29 is 23.1 Å². The summed E-state index contributed by atoms with van der Waals surface area (Å²) in [5, 5.41) is 12.9. The number of aliphatic carboxylic acids is 1. The van der Waals surface area contributed by atoms with Crippen molar-refractivity contribution >= 4 is 33.9 Å². The molecule has 1 fully saturated rings. The fourth-order valence-corrected chi connectivity index (χ4v) is 6.17. The van der Waals surface area contributed by atoms with E-state index >= 15 is 0 Å². The molecule has 0 bridgehead atoms. The number of fused-ring (bicyclic) bond motifs is 1. The number of sulfonamides is 1. The molecule has 0 spiro atoms. The van der Waals surface area contributed by atoms with Gasteiger partial charge in [0.25, 0.3) is 0 Å². The summed E-state index contributed by atoms with van der Waals surface area (Å²) in [6.07, 6.45) is 3.64. The number of carbonyl (C=O) groups excluding carboxylic acids is 1.